The van der Waals surface area contributed by atoms with E-state index in [9.17, 15) is 10.3 Å². The van der Waals surface area contributed by atoms with E-state index in [0.717, 1.165) is 47.3 Å². The fourth-order valence-electron chi connectivity index (χ4n) is 5.29. The van der Waals surface area contributed by atoms with Crippen LogP contribution in [0.25, 0.3) is 27.0 Å². The van der Waals surface area contributed by atoms with Crippen molar-refractivity contribution in [2.45, 2.75) is 51.7 Å². The fourth-order valence-corrected chi connectivity index (χ4v) is 5.29. The van der Waals surface area contributed by atoms with Gasteiger partial charge in [-0.1, -0.05) is 58.8 Å². The maximum absolute atomic E-state index is 11.5. The molecular formula is C28H31N7O3. The van der Waals surface area contributed by atoms with E-state index in [4.69, 9.17) is 15.0 Å². The molecule has 196 valence electrons. The van der Waals surface area contributed by atoms with Gasteiger partial charge in [-0.3, -0.25) is 4.79 Å². The van der Waals surface area contributed by atoms with Crippen molar-refractivity contribution in [1.29, 1.82) is 0 Å². The van der Waals surface area contributed by atoms with Gasteiger partial charge in [-0.05, 0) is 71.5 Å². The van der Waals surface area contributed by atoms with Crippen LogP contribution in [0.3, 0.4) is 0 Å². The number of carbonyl (C=O) groups is 1. The number of ether oxygens (including phenoxy) is 2. The van der Waals surface area contributed by atoms with Crippen LogP contribution in [0.5, 0.6) is 0 Å². The Kier molecular flexibility index (Phi) is 9.06. The predicted molar refractivity (Wildman–Crippen MR) is 145 cm³/mol. The van der Waals surface area contributed by atoms with E-state index in [1.807, 2.05) is 55.5 Å². The van der Waals surface area contributed by atoms with Crippen LogP contribution >= 0.6 is 0 Å². The summed E-state index contributed by atoms with van der Waals surface area (Å²) in [5, 5.41) is 10.7. The van der Waals surface area contributed by atoms with Gasteiger partial charge in [0.05, 0.1) is 0 Å². The first kappa shape index (κ1) is 26.8. The first-order chi connectivity index (χ1) is 18.5. The van der Waals surface area contributed by atoms with E-state index in [-0.39, 0.29) is 17.7 Å². The van der Waals surface area contributed by atoms with Gasteiger partial charge >= 0.3 is 0 Å². The molecule has 3 atom stereocenters. The number of rotatable bonds is 9. The molecule has 10 heteroatoms. The number of amides is 1. The lowest BCUT2D eigenvalue weighted by Crippen LogP contribution is -2.32. The Morgan fingerprint density at radius 1 is 1.11 bits per heavy atom. The van der Waals surface area contributed by atoms with Gasteiger partial charge in [-0.15, -0.1) is 0 Å². The number of nitrogens with one attached hydrogen (secondary N) is 1. The topological polar surface area (TPSA) is 145 Å². The number of allylic oxidation sites excluding steroid dienone is 2. The Hall–Kier alpha value is -4.23. The summed E-state index contributed by atoms with van der Waals surface area (Å²) in [7, 11) is 0. The number of nitrogens with zero attached hydrogens (tertiary/aromatic N) is 6. The average molecular weight is 514 g/mol. The Labute approximate surface area is 221 Å². The first-order valence-corrected chi connectivity index (χ1v) is 12.8. The molecule has 1 unspecified atom stereocenters. The molecule has 0 bridgehead atoms. The quantitative estimate of drug-likeness (QED) is 0.208. The number of benzene rings is 2. The van der Waals surface area contributed by atoms with Gasteiger partial charge in [-0.25, -0.2) is 0 Å². The highest BCUT2D eigenvalue weighted by atomic mass is 16.7. The van der Waals surface area contributed by atoms with Crippen LogP contribution in [0.4, 0.5) is 11.4 Å². The summed E-state index contributed by atoms with van der Waals surface area (Å²) in [4.78, 5) is 17.5. The molecule has 2 aliphatic rings. The second-order valence-electron chi connectivity index (χ2n) is 9.36. The number of carbonyl (C=O) groups excluding carboxylic acids is 1. The van der Waals surface area contributed by atoms with Gasteiger partial charge < -0.3 is 14.8 Å². The number of hydrogen-bond donors (Lipinski definition) is 1. The third-order valence-corrected chi connectivity index (χ3v) is 6.86. The summed E-state index contributed by atoms with van der Waals surface area (Å²) in [5.41, 5.74) is 23.2. The third kappa shape index (κ3) is 6.36. The van der Waals surface area contributed by atoms with Crippen molar-refractivity contribution < 1.29 is 14.3 Å². The summed E-state index contributed by atoms with van der Waals surface area (Å²) in [6, 6.07) is 15.0. The van der Waals surface area contributed by atoms with Crippen LogP contribution in [0.2, 0.25) is 0 Å². The van der Waals surface area contributed by atoms with Crippen molar-refractivity contribution in [2.75, 3.05) is 13.2 Å². The highest BCUT2D eigenvalue weighted by Crippen LogP contribution is 2.50. The molecule has 1 amide bonds. The zero-order valence-electron chi connectivity index (χ0n) is 21.6. The molecule has 0 radical (unpaired) electrons. The summed E-state index contributed by atoms with van der Waals surface area (Å²) in [5.74, 6) is 0.902. The van der Waals surface area contributed by atoms with E-state index >= 15 is 0 Å². The van der Waals surface area contributed by atoms with Gasteiger partial charge in [0.15, 0.2) is 0 Å². The Morgan fingerprint density at radius 2 is 1.82 bits per heavy atom. The standard InChI is InChI=1S/C28H31N7O3/c1-3-37-27-17-23(22-9-5-7-11-26(22)33-35-30)24-15-19(12-13-31-18(2)36)14-21(28(24)38-27)16-20-8-4-6-10-25(20)32-34-29/h4-11,16,19,23,27H,3,12-15,17H2,1-2H3,(H,31,36)/b21-16+/t19?,23-,27+/m1/s1. The molecule has 1 aliphatic heterocycles. The summed E-state index contributed by atoms with van der Waals surface area (Å²) in [6.45, 7) is 4.52. The lowest BCUT2D eigenvalue weighted by Gasteiger charge is -2.40. The zero-order valence-corrected chi connectivity index (χ0v) is 21.6. The van der Waals surface area contributed by atoms with Crippen LogP contribution < -0.4 is 5.32 Å². The van der Waals surface area contributed by atoms with Crippen molar-refractivity contribution >= 4 is 23.4 Å². The summed E-state index contributed by atoms with van der Waals surface area (Å²) < 4.78 is 12.4. The summed E-state index contributed by atoms with van der Waals surface area (Å²) >= 11 is 0. The van der Waals surface area contributed by atoms with Crippen molar-refractivity contribution in [3.8, 4) is 0 Å². The van der Waals surface area contributed by atoms with Gasteiger partial charge in [0.1, 0.15) is 5.76 Å². The van der Waals surface area contributed by atoms with Gasteiger partial charge in [0.2, 0.25) is 12.2 Å². The SMILES string of the molecule is CCO[C@@H]1C[C@H](c2ccccc2N=[N+]=[N-])C2=C(O1)/C(=C/c1ccccc1N=[N+]=[N-])CC(CCNC(C)=O)C2. The second-order valence-corrected chi connectivity index (χ2v) is 9.36. The maximum atomic E-state index is 11.5. The molecule has 10 nitrogen and oxygen atoms in total. The fraction of sp³-hybridized carbons (Fsp3) is 0.393. The molecule has 0 aromatic heterocycles. The molecule has 1 aliphatic carbocycles. The minimum absolute atomic E-state index is 0.0542. The lowest BCUT2D eigenvalue weighted by atomic mass is 9.73. The Morgan fingerprint density at radius 3 is 2.55 bits per heavy atom. The van der Waals surface area contributed by atoms with Crippen LogP contribution in [0, 0.1) is 5.92 Å². The average Bonchev–Trinajstić information content (AvgIpc) is 2.90. The molecule has 2 aromatic rings. The van der Waals surface area contributed by atoms with Crippen LogP contribution in [0.1, 0.15) is 56.6 Å². The maximum Gasteiger partial charge on any atom is 0.216 e. The van der Waals surface area contributed by atoms with Gasteiger partial charge in [-0.2, -0.15) is 0 Å². The molecule has 0 spiro atoms. The molecule has 2 aromatic carbocycles. The summed E-state index contributed by atoms with van der Waals surface area (Å²) in [6.07, 6.45) is 4.45. The smallest absolute Gasteiger partial charge is 0.216 e. The van der Waals surface area contributed by atoms with E-state index in [0.29, 0.717) is 30.9 Å². The molecule has 0 fully saturated rings. The monoisotopic (exact) mass is 513 g/mol. The minimum Gasteiger partial charge on any atom is -0.465 e. The molecule has 0 saturated heterocycles. The van der Waals surface area contributed by atoms with Crippen molar-refractivity contribution in [3.05, 3.63) is 97.4 Å². The third-order valence-electron chi connectivity index (χ3n) is 6.86. The number of azide groups is 2. The van der Waals surface area contributed by atoms with Crippen LogP contribution in [-0.2, 0) is 14.3 Å². The van der Waals surface area contributed by atoms with E-state index in [2.05, 4.69) is 25.4 Å². The van der Waals surface area contributed by atoms with E-state index < -0.39 is 6.29 Å². The zero-order chi connectivity index (χ0) is 26.9. The van der Waals surface area contributed by atoms with Crippen molar-refractivity contribution in [1.82, 2.24) is 5.32 Å². The highest BCUT2D eigenvalue weighted by molar-refractivity contribution is 5.72. The predicted octanol–water partition coefficient (Wildman–Crippen LogP) is 7.71. The first-order valence-electron chi connectivity index (χ1n) is 12.8. The number of hydrogen-bond acceptors (Lipinski definition) is 5. The minimum atomic E-state index is -0.463. The van der Waals surface area contributed by atoms with Crippen molar-refractivity contribution in [2.24, 2.45) is 16.1 Å². The van der Waals surface area contributed by atoms with Crippen molar-refractivity contribution in [3.63, 3.8) is 0 Å². The van der Waals surface area contributed by atoms with Gasteiger partial charge in [0.25, 0.3) is 0 Å². The normalized spacial score (nSPS) is 21.5. The Balaban J connectivity index is 1.84. The molecule has 4 rings (SSSR count). The largest absolute Gasteiger partial charge is 0.465 e. The van der Waals surface area contributed by atoms with Crippen LogP contribution in [-0.4, -0.2) is 25.3 Å². The molecule has 1 heterocycles. The van der Waals surface area contributed by atoms with Gasteiger partial charge in [0, 0.05) is 53.6 Å². The van der Waals surface area contributed by atoms with E-state index in [1.54, 1.807) is 6.07 Å². The lowest BCUT2D eigenvalue weighted by molar-refractivity contribution is -0.126. The molecule has 1 N–H and O–H groups in total. The second kappa shape index (κ2) is 12.8. The Bertz CT molecular complexity index is 1340. The highest BCUT2D eigenvalue weighted by Gasteiger charge is 2.38. The van der Waals surface area contributed by atoms with E-state index in [1.165, 1.54) is 6.92 Å². The molecule has 0 saturated carbocycles. The molecule has 38 heavy (non-hydrogen) atoms. The molecular weight excluding hydrogens is 482 g/mol. The van der Waals surface area contributed by atoms with Crippen LogP contribution in [0.15, 0.2) is 75.7 Å².